The average molecular weight is 397 g/mol. The van der Waals surface area contributed by atoms with Crippen molar-refractivity contribution in [2.24, 2.45) is 0 Å². The van der Waals surface area contributed by atoms with E-state index >= 15 is 0 Å². The van der Waals surface area contributed by atoms with E-state index in [1.54, 1.807) is 0 Å². The van der Waals surface area contributed by atoms with Crippen molar-refractivity contribution in [3.8, 4) is 17.2 Å². The predicted octanol–water partition coefficient (Wildman–Crippen LogP) is 4.94. The van der Waals surface area contributed by atoms with Crippen LogP contribution in [0.4, 0.5) is 5.69 Å². The summed E-state index contributed by atoms with van der Waals surface area (Å²) >= 11 is 3.41. The SMILES string of the molecule is CCN(CC)c1ccc2c(-c3ccc(Br)cc3)c(C#N)c(=O)oc2c1. The van der Waals surface area contributed by atoms with Gasteiger partial charge >= 0.3 is 5.63 Å². The van der Waals surface area contributed by atoms with Crippen molar-refractivity contribution in [2.45, 2.75) is 13.8 Å². The zero-order chi connectivity index (χ0) is 18.0. The molecule has 5 heteroatoms. The lowest BCUT2D eigenvalue weighted by molar-refractivity contribution is 0.559. The van der Waals surface area contributed by atoms with Gasteiger partial charge in [-0.2, -0.15) is 5.26 Å². The van der Waals surface area contributed by atoms with Crippen molar-refractivity contribution in [3.63, 3.8) is 0 Å². The second-order valence-electron chi connectivity index (χ2n) is 5.61. The highest BCUT2D eigenvalue weighted by Gasteiger charge is 2.17. The fourth-order valence-corrected chi connectivity index (χ4v) is 3.26. The largest absolute Gasteiger partial charge is 0.422 e. The lowest BCUT2D eigenvalue weighted by Gasteiger charge is -2.21. The Morgan fingerprint density at radius 1 is 1.12 bits per heavy atom. The monoisotopic (exact) mass is 396 g/mol. The molecule has 1 aromatic heterocycles. The van der Waals surface area contributed by atoms with Gasteiger partial charge in [0.25, 0.3) is 0 Å². The van der Waals surface area contributed by atoms with Gasteiger partial charge < -0.3 is 9.32 Å². The van der Waals surface area contributed by atoms with Gasteiger partial charge in [0, 0.05) is 40.3 Å². The Bertz CT molecular complexity index is 1010. The molecule has 0 saturated heterocycles. The summed E-state index contributed by atoms with van der Waals surface area (Å²) in [4.78, 5) is 14.5. The molecule has 25 heavy (non-hydrogen) atoms. The van der Waals surface area contributed by atoms with Crippen molar-refractivity contribution >= 4 is 32.6 Å². The Balaban J connectivity index is 2.32. The summed E-state index contributed by atoms with van der Waals surface area (Å²) in [5, 5.41) is 10.2. The van der Waals surface area contributed by atoms with Gasteiger partial charge in [-0.1, -0.05) is 28.1 Å². The van der Waals surface area contributed by atoms with E-state index in [-0.39, 0.29) is 5.56 Å². The Morgan fingerprint density at radius 3 is 2.40 bits per heavy atom. The zero-order valence-corrected chi connectivity index (χ0v) is 15.6. The molecule has 0 aliphatic heterocycles. The summed E-state index contributed by atoms with van der Waals surface area (Å²) in [6.45, 7) is 5.88. The molecule has 0 spiro atoms. The van der Waals surface area contributed by atoms with E-state index in [0.29, 0.717) is 11.1 Å². The highest BCUT2D eigenvalue weighted by atomic mass is 79.9. The summed E-state index contributed by atoms with van der Waals surface area (Å²) in [5.74, 6) is 0. The third kappa shape index (κ3) is 3.18. The van der Waals surface area contributed by atoms with Crippen LogP contribution in [0.25, 0.3) is 22.1 Å². The van der Waals surface area contributed by atoms with Gasteiger partial charge in [-0.15, -0.1) is 0 Å². The first-order valence-electron chi connectivity index (χ1n) is 8.10. The van der Waals surface area contributed by atoms with Gasteiger partial charge in [0.15, 0.2) is 0 Å². The van der Waals surface area contributed by atoms with E-state index in [1.165, 1.54) is 0 Å². The molecule has 3 aromatic rings. The van der Waals surface area contributed by atoms with Crippen LogP contribution in [-0.4, -0.2) is 13.1 Å². The predicted molar refractivity (Wildman–Crippen MR) is 104 cm³/mol. The summed E-state index contributed by atoms with van der Waals surface area (Å²) < 4.78 is 6.37. The molecule has 0 aliphatic carbocycles. The molecule has 0 radical (unpaired) electrons. The molecule has 0 saturated carbocycles. The highest BCUT2D eigenvalue weighted by molar-refractivity contribution is 9.10. The number of hydrogen-bond donors (Lipinski definition) is 0. The van der Waals surface area contributed by atoms with E-state index in [1.807, 2.05) is 48.5 Å². The number of anilines is 1. The van der Waals surface area contributed by atoms with Crippen LogP contribution in [0.5, 0.6) is 0 Å². The molecule has 1 heterocycles. The van der Waals surface area contributed by atoms with Crippen LogP contribution in [-0.2, 0) is 0 Å². The fraction of sp³-hybridized carbons (Fsp3) is 0.200. The van der Waals surface area contributed by atoms with Crippen LogP contribution >= 0.6 is 15.9 Å². The van der Waals surface area contributed by atoms with Crippen molar-refractivity contribution in [2.75, 3.05) is 18.0 Å². The maximum Gasteiger partial charge on any atom is 0.354 e. The number of hydrogen-bond acceptors (Lipinski definition) is 4. The quantitative estimate of drug-likeness (QED) is 0.585. The normalized spacial score (nSPS) is 10.6. The Labute approximate surface area is 154 Å². The number of halogens is 1. The van der Waals surface area contributed by atoms with Gasteiger partial charge in [-0.05, 0) is 43.7 Å². The maximum atomic E-state index is 12.3. The molecular formula is C20H17BrN2O2. The number of rotatable bonds is 4. The number of benzene rings is 2. The Morgan fingerprint density at radius 2 is 1.80 bits per heavy atom. The lowest BCUT2D eigenvalue weighted by atomic mass is 9.97. The van der Waals surface area contributed by atoms with E-state index in [0.717, 1.165) is 34.2 Å². The number of nitriles is 1. The van der Waals surface area contributed by atoms with Gasteiger partial charge in [-0.25, -0.2) is 4.79 Å². The molecule has 0 bridgehead atoms. The van der Waals surface area contributed by atoms with Crippen molar-refractivity contribution in [3.05, 3.63) is 62.9 Å². The second kappa shape index (κ2) is 7.12. The minimum absolute atomic E-state index is 0.0328. The molecule has 2 aromatic carbocycles. The fourth-order valence-electron chi connectivity index (χ4n) is 2.99. The highest BCUT2D eigenvalue weighted by Crippen LogP contribution is 2.33. The molecule has 0 amide bonds. The first kappa shape index (κ1) is 17.2. The van der Waals surface area contributed by atoms with Gasteiger partial charge in [-0.3, -0.25) is 0 Å². The smallest absolute Gasteiger partial charge is 0.354 e. The van der Waals surface area contributed by atoms with E-state index in [2.05, 4.69) is 34.7 Å². The first-order chi connectivity index (χ1) is 12.1. The van der Waals surface area contributed by atoms with Crippen LogP contribution in [0.2, 0.25) is 0 Å². The molecule has 3 rings (SSSR count). The first-order valence-corrected chi connectivity index (χ1v) is 8.90. The molecule has 0 atom stereocenters. The topological polar surface area (TPSA) is 57.2 Å². The molecular weight excluding hydrogens is 380 g/mol. The molecule has 0 unspecified atom stereocenters. The lowest BCUT2D eigenvalue weighted by Crippen LogP contribution is -2.21. The molecule has 0 aliphatic rings. The van der Waals surface area contributed by atoms with Crippen LogP contribution in [0.1, 0.15) is 19.4 Å². The molecule has 0 fully saturated rings. The minimum Gasteiger partial charge on any atom is -0.422 e. The van der Waals surface area contributed by atoms with Crippen molar-refractivity contribution in [1.29, 1.82) is 5.26 Å². The third-order valence-corrected chi connectivity index (χ3v) is 4.79. The van der Waals surface area contributed by atoms with Crippen molar-refractivity contribution in [1.82, 2.24) is 0 Å². The second-order valence-corrected chi connectivity index (χ2v) is 6.53. The number of fused-ring (bicyclic) bond motifs is 1. The van der Waals surface area contributed by atoms with Gasteiger partial charge in [0.05, 0.1) is 0 Å². The number of nitrogens with zero attached hydrogens (tertiary/aromatic N) is 2. The molecule has 0 N–H and O–H groups in total. The minimum atomic E-state index is -0.607. The summed E-state index contributed by atoms with van der Waals surface area (Å²) in [7, 11) is 0. The third-order valence-electron chi connectivity index (χ3n) is 4.26. The van der Waals surface area contributed by atoms with Crippen LogP contribution in [0.15, 0.2) is 56.1 Å². The Kier molecular flexibility index (Phi) is 4.91. The summed E-state index contributed by atoms with van der Waals surface area (Å²) in [5.41, 5.74) is 2.34. The maximum absolute atomic E-state index is 12.3. The van der Waals surface area contributed by atoms with Crippen LogP contribution < -0.4 is 10.5 Å². The van der Waals surface area contributed by atoms with Crippen molar-refractivity contribution < 1.29 is 4.42 Å². The van der Waals surface area contributed by atoms with Crippen LogP contribution in [0, 0.1) is 11.3 Å². The van der Waals surface area contributed by atoms with Gasteiger partial charge in [0.1, 0.15) is 17.2 Å². The zero-order valence-electron chi connectivity index (χ0n) is 14.0. The van der Waals surface area contributed by atoms with Crippen LogP contribution in [0.3, 0.4) is 0 Å². The average Bonchev–Trinajstić information content (AvgIpc) is 2.62. The standard InChI is InChI=1S/C20H17BrN2O2/c1-3-23(4-2)15-9-10-16-18(11-15)25-20(24)17(12-22)19(16)13-5-7-14(21)8-6-13/h5-11H,3-4H2,1-2H3. The van der Waals surface area contributed by atoms with E-state index < -0.39 is 5.63 Å². The Hall–Kier alpha value is -2.58. The summed E-state index contributed by atoms with van der Waals surface area (Å²) in [6.07, 6.45) is 0. The molecule has 4 nitrogen and oxygen atoms in total. The molecule has 126 valence electrons. The van der Waals surface area contributed by atoms with E-state index in [9.17, 15) is 10.1 Å². The summed E-state index contributed by atoms with van der Waals surface area (Å²) in [6, 6.07) is 15.3. The van der Waals surface area contributed by atoms with E-state index in [4.69, 9.17) is 4.42 Å². The van der Waals surface area contributed by atoms with Gasteiger partial charge in [0.2, 0.25) is 0 Å².